The molecule has 19 heavy (non-hydrogen) atoms. The Hall–Kier alpha value is -2.82. The summed E-state index contributed by atoms with van der Waals surface area (Å²) in [4.78, 5) is 11.9. The number of nitrogens with one attached hydrogen (secondary N) is 1. The first-order valence-corrected chi connectivity index (χ1v) is 5.63. The van der Waals surface area contributed by atoms with Gasteiger partial charge in [0.1, 0.15) is 5.75 Å². The minimum atomic E-state index is -0.363. The van der Waals surface area contributed by atoms with Crippen LogP contribution in [0.5, 0.6) is 5.75 Å². The van der Waals surface area contributed by atoms with Crippen LogP contribution in [0.25, 0.3) is 0 Å². The SMILES string of the molecule is NN=Cc1ccc(NC(=O)c2ccccc2O)cc1. The van der Waals surface area contributed by atoms with Crippen LogP contribution in [0, 0.1) is 0 Å². The second-order valence-corrected chi connectivity index (χ2v) is 3.87. The number of hydrogen-bond donors (Lipinski definition) is 3. The molecule has 4 N–H and O–H groups in total. The lowest BCUT2D eigenvalue weighted by Crippen LogP contribution is -2.11. The third-order valence-corrected chi connectivity index (χ3v) is 2.54. The Labute approximate surface area is 110 Å². The van der Waals surface area contributed by atoms with Gasteiger partial charge in [0.15, 0.2) is 0 Å². The van der Waals surface area contributed by atoms with Crippen molar-refractivity contribution >= 4 is 17.8 Å². The van der Waals surface area contributed by atoms with Gasteiger partial charge in [-0.15, -0.1) is 0 Å². The minimum absolute atomic E-state index is 0.0492. The first-order chi connectivity index (χ1) is 9.20. The van der Waals surface area contributed by atoms with Crippen LogP contribution in [-0.4, -0.2) is 17.2 Å². The number of phenols is 1. The van der Waals surface area contributed by atoms with Crippen molar-refractivity contribution < 1.29 is 9.90 Å². The first kappa shape index (κ1) is 12.6. The zero-order valence-electron chi connectivity index (χ0n) is 10.1. The number of rotatable bonds is 3. The highest BCUT2D eigenvalue weighted by Gasteiger charge is 2.09. The Kier molecular flexibility index (Phi) is 3.78. The van der Waals surface area contributed by atoms with Crippen LogP contribution in [0.2, 0.25) is 0 Å². The number of carbonyl (C=O) groups excluding carboxylic acids is 1. The number of nitrogens with two attached hydrogens (primary N) is 1. The van der Waals surface area contributed by atoms with Gasteiger partial charge in [-0.3, -0.25) is 4.79 Å². The number of para-hydroxylation sites is 1. The lowest BCUT2D eigenvalue weighted by molar-refractivity contribution is 0.102. The van der Waals surface area contributed by atoms with Gasteiger partial charge in [-0.1, -0.05) is 24.3 Å². The van der Waals surface area contributed by atoms with E-state index in [0.29, 0.717) is 5.69 Å². The Bertz CT molecular complexity index is 606. The molecule has 2 aromatic rings. The van der Waals surface area contributed by atoms with Crippen LogP contribution in [0.1, 0.15) is 15.9 Å². The predicted octanol–water partition coefficient (Wildman–Crippen LogP) is 1.94. The molecule has 2 rings (SSSR count). The van der Waals surface area contributed by atoms with E-state index in [1.54, 1.807) is 42.5 Å². The van der Waals surface area contributed by atoms with Gasteiger partial charge < -0.3 is 16.3 Å². The molecule has 0 heterocycles. The van der Waals surface area contributed by atoms with E-state index in [1.807, 2.05) is 0 Å². The van der Waals surface area contributed by atoms with Crippen LogP contribution in [0.4, 0.5) is 5.69 Å². The van der Waals surface area contributed by atoms with Crippen molar-refractivity contribution in [2.75, 3.05) is 5.32 Å². The summed E-state index contributed by atoms with van der Waals surface area (Å²) in [5.41, 5.74) is 1.69. The van der Waals surface area contributed by atoms with E-state index in [9.17, 15) is 9.90 Å². The lowest BCUT2D eigenvalue weighted by atomic mass is 10.1. The Morgan fingerprint density at radius 1 is 1.16 bits per heavy atom. The lowest BCUT2D eigenvalue weighted by Gasteiger charge is -2.06. The summed E-state index contributed by atoms with van der Waals surface area (Å²) >= 11 is 0. The van der Waals surface area contributed by atoms with Crippen LogP contribution in [-0.2, 0) is 0 Å². The second-order valence-electron chi connectivity index (χ2n) is 3.87. The second kappa shape index (κ2) is 5.68. The molecule has 5 nitrogen and oxygen atoms in total. The van der Waals surface area contributed by atoms with E-state index >= 15 is 0 Å². The number of anilines is 1. The summed E-state index contributed by atoms with van der Waals surface area (Å²) in [5.74, 6) is 4.63. The molecule has 5 heteroatoms. The van der Waals surface area contributed by atoms with Crippen LogP contribution < -0.4 is 11.2 Å². The molecule has 0 aliphatic rings. The third-order valence-electron chi connectivity index (χ3n) is 2.54. The molecule has 0 saturated heterocycles. The van der Waals surface area contributed by atoms with E-state index in [-0.39, 0.29) is 17.2 Å². The molecule has 0 atom stereocenters. The summed E-state index contributed by atoms with van der Waals surface area (Å²) in [7, 11) is 0. The molecule has 0 unspecified atom stereocenters. The van der Waals surface area contributed by atoms with Crippen molar-refractivity contribution in [1.82, 2.24) is 0 Å². The fraction of sp³-hybridized carbons (Fsp3) is 0. The van der Waals surface area contributed by atoms with Crippen LogP contribution in [0.3, 0.4) is 0 Å². The van der Waals surface area contributed by atoms with Gasteiger partial charge in [-0.25, -0.2) is 0 Å². The highest BCUT2D eigenvalue weighted by molar-refractivity contribution is 6.06. The fourth-order valence-corrected chi connectivity index (χ4v) is 1.60. The fourth-order valence-electron chi connectivity index (χ4n) is 1.60. The van der Waals surface area contributed by atoms with Gasteiger partial charge in [0, 0.05) is 5.69 Å². The normalized spacial score (nSPS) is 10.5. The number of hydrazone groups is 1. The molecule has 0 saturated carbocycles. The van der Waals surface area contributed by atoms with E-state index in [4.69, 9.17) is 5.84 Å². The van der Waals surface area contributed by atoms with Gasteiger partial charge in [0.2, 0.25) is 0 Å². The van der Waals surface area contributed by atoms with Crippen molar-refractivity contribution in [3.8, 4) is 5.75 Å². The molecule has 0 aromatic heterocycles. The zero-order chi connectivity index (χ0) is 13.7. The van der Waals surface area contributed by atoms with Crippen molar-refractivity contribution in [3.63, 3.8) is 0 Å². The predicted molar refractivity (Wildman–Crippen MR) is 74.3 cm³/mol. The molecular formula is C14H13N3O2. The summed E-state index contributed by atoms with van der Waals surface area (Å²) in [6.45, 7) is 0. The number of aromatic hydroxyl groups is 1. The summed E-state index contributed by atoms with van der Waals surface area (Å²) < 4.78 is 0. The van der Waals surface area contributed by atoms with E-state index < -0.39 is 0 Å². The van der Waals surface area contributed by atoms with Crippen LogP contribution >= 0.6 is 0 Å². The monoisotopic (exact) mass is 255 g/mol. The van der Waals surface area contributed by atoms with Gasteiger partial charge in [0.25, 0.3) is 5.91 Å². The van der Waals surface area contributed by atoms with Crippen molar-refractivity contribution in [2.45, 2.75) is 0 Å². The number of carbonyl (C=O) groups is 1. The standard InChI is InChI=1S/C14H13N3O2/c15-16-9-10-5-7-11(8-6-10)17-14(19)12-3-1-2-4-13(12)18/h1-9,18H,15H2,(H,17,19). The van der Waals surface area contributed by atoms with Crippen molar-refractivity contribution in [1.29, 1.82) is 0 Å². The minimum Gasteiger partial charge on any atom is -0.507 e. The average molecular weight is 255 g/mol. The maximum atomic E-state index is 11.9. The maximum Gasteiger partial charge on any atom is 0.259 e. The van der Waals surface area contributed by atoms with Crippen LogP contribution in [0.15, 0.2) is 53.6 Å². The topological polar surface area (TPSA) is 87.7 Å². The van der Waals surface area contributed by atoms with Gasteiger partial charge in [-0.2, -0.15) is 5.10 Å². The summed E-state index contributed by atoms with van der Waals surface area (Å²) in [6.07, 6.45) is 1.51. The molecule has 0 aliphatic carbocycles. The third kappa shape index (κ3) is 3.10. The van der Waals surface area contributed by atoms with E-state index in [2.05, 4.69) is 10.4 Å². The Morgan fingerprint density at radius 3 is 2.47 bits per heavy atom. The van der Waals surface area contributed by atoms with Gasteiger partial charge >= 0.3 is 0 Å². The van der Waals surface area contributed by atoms with Crippen molar-refractivity contribution in [2.24, 2.45) is 10.9 Å². The number of benzene rings is 2. The molecule has 0 fully saturated rings. The molecule has 1 amide bonds. The van der Waals surface area contributed by atoms with Gasteiger partial charge in [0.05, 0.1) is 11.8 Å². The highest BCUT2D eigenvalue weighted by Crippen LogP contribution is 2.17. The molecule has 96 valence electrons. The quantitative estimate of drug-likeness (QED) is 0.445. The largest absolute Gasteiger partial charge is 0.507 e. The Balaban J connectivity index is 2.13. The van der Waals surface area contributed by atoms with E-state index in [1.165, 1.54) is 12.3 Å². The number of amides is 1. The highest BCUT2D eigenvalue weighted by atomic mass is 16.3. The number of hydrogen-bond acceptors (Lipinski definition) is 4. The maximum absolute atomic E-state index is 11.9. The Morgan fingerprint density at radius 2 is 1.84 bits per heavy atom. The molecule has 0 spiro atoms. The molecule has 0 bridgehead atoms. The summed E-state index contributed by atoms with van der Waals surface area (Å²) in [6, 6.07) is 13.4. The van der Waals surface area contributed by atoms with Gasteiger partial charge in [-0.05, 0) is 29.8 Å². The number of nitrogens with zero attached hydrogens (tertiary/aromatic N) is 1. The van der Waals surface area contributed by atoms with Crippen molar-refractivity contribution in [3.05, 3.63) is 59.7 Å². The first-order valence-electron chi connectivity index (χ1n) is 5.63. The molecule has 0 radical (unpaired) electrons. The summed E-state index contributed by atoms with van der Waals surface area (Å²) in [5, 5.41) is 15.7. The van der Waals surface area contributed by atoms with E-state index in [0.717, 1.165) is 5.56 Å². The average Bonchev–Trinajstić information content (AvgIpc) is 2.42. The molecular weight excluding hydrogens is 242 g/mol. The molecule has 2 aromatic carbocycles. The smallest absolute Gasteiger partial charge is 0.259 e. The molecule has 0 aliphatic heterocycles. The number of phenolic OH excluding ortho intramolecular Hbond substituents is 1. The zero-order valence-corrected chi connectivity index (χ0v) is 10.1.